The third-order valence-corrected chi connectivity index (χ3v) is 5.72. The molecule has 0 bridgehead atoms. The SMILES string of the molecule is CC(=O)N1CC(C(=O)Nc2cc(C(F)(F)F)ccc2N2CCCCC2)Oc2ccccc21. The molecule has 2 amide bonds. The van der Waals surface area contributed by atoms with Crippen molar-refractivity contribution < 1.29 is 27.5 Å². The Labute approximate surface area is 183 Å². The molecule has 9 heteroatoms. The molecular formula is C23H24F3N3O3. The Kier molecular flexibility index (Phi) is 5.99. The standard InChI is InChI=1S/C23H24F3N3O3/c1-15(30)29-14-21(32-20-8-4-3-7-19(20)29)22(31)27-17-13-16(23(24,25)26)9-10-18(17)28-11-5-2-6-12-28/h3-4,7-10,13,21H,2,5-6,11-12,14H2,1H3,(H,27,31). The third-order valence-electron chi connectivity index (χ3n) is 5.72. The van der Waals surface area contributed by atoms with Gasteiger partial charge in [0.25, 0.3) is 5.91 Å². The number of nitrogens with zero attached hydrogens (tertiary/aromatic N) is 2. The number of hydrogen-bond donors (Lipinski definition) is 1. The van der Waals surface area contributed by atoms with Gasteiger partial charge in [-0.25, -0.2) is 0 Å². The molecule has 1 N–H and O–H groups in total. The van der Waals surface area contributed by atoms with Gasteiger partial charge >= 0.3 is 6.18 Å². The summed E-state index contributed by atoms with van der Waals surface area (Å²) in [6, 6.07) is 10.2. The van der Waals surface area contributed by atoms with Crippen LogP contribution in [-0.2, 0) is 15.8 Å². The normalized spacial score (nSPS) is 18.6. The van der Waals surface area contributed by atoms with Gasteiger partial charge in [0.05, 0.1) is 29.2 Å². The van der Waals surface area contributed by atoms with Crippen LogP contribution < -0.4 is 19.9 Å². The highest BCUT2D eigenvalue weighted by Gasteiger charge is 2.35. The van der Waals surface area contributed by atoms with E-state index in [1.807, 2.05) is 4.90 Å². The highest BCUT2D eigenvalue weighted by atomic mass is 19.4. The van der Waals surface area contributed by atoms with Gasteiger partial charge in [0.2, 0.25) is 5.91 Å². The Bertz CT molecular complexity index is 1020. The van der Waals surface area contributed by atoms with E-state index >= 15 is 0 Å². The van der Waals surface area contributed by atoms with Crippen LogP contribution in [0.2, 0.25) is 0 Å². The van der Waals surface area contributed by atoms with Crippen molar-refractivity contribution in [1.82, 2.24) is 0 Å². The molecule has 0 saturated carbocycles. The summed E-state index contributed by atoms with van der Waals surface area (Å²) in [5, 5.41) is 2.64. The smallest absolute Gasteiger partial charge is 0.416 e. The number of fused-ring (bicyclic) bond motifs is 1. The molecule has 2 aromatic carbocycles. The van der Waals surface area contributed by atoms with Crippen LogP contribution in [-0.4, -0.2) is 37.6 Å². The van der Waals surface area contributed by atoms with E-state index in [9.17, 15) is 22.8 Å². The highest BCUT2D eigenvalue weighted by Crippen LogP contribution is 2.37. The van der Waals surface area contributed by atoms with Crippen LogP contribution in [0.25, 0.3) is 0 Å². The van der Waals surface area contributed by atoms with Crippen molar-refractivity contribution in [1.29, 1.82) is 0 Å². The molecule has 2 aliphatic heterocycles. The van der Waals surface area contributed by atoms with Gasteiger partial charge in [-0.1, -0.05) is 12.1 Å². The first kappa shape index (κ1) is 22.0. The molecule has 1 saturated heterocycles. The Hall–Kier alpha value is -3.23. The molecular weight excluding hydrogens is 423 g/mol. The lowest BCUT2D eigenvalue weighted by Gasteiger charge is -2.34. The number of halogens is 3. The first-order valence-corrected chi connectivity index (χ1v) is 10.5. The number of nitrogens with one attached hydrogen (secondary N) is 1. The molecule has 170 valence electrons. The van der Waals surface area contributed by atoms with E-state index in [1.165, 1.54) is 17.9 Å². The molecule has 32 heavy (non-hydrogen) atoms. The number of carbonyl (C=O) groups excluding carboxylic acids is 2. The van der Waals surface area contributed by atoms with E-state index in [0.717, 1.165) is 31.4 Å². The Morgan fingerprint density at radius 3 is 2.44 bits per heavy atom. The molecule has 2 aromatic rings. The van der Waals surface area contributed by atoms with Crippen molar-refractivity contribution >= 4 is 28.9 Å². The van der Waals surface area contributed by atoms with Crippen LogP contribution in [0.15, 0.2) is 42.5 Å². The summed E-state index contributed by atoms with van der Waals surface area (Å²) in [6.45, 7) is 2.77. The topological polar surface area (TPSA) is 61.9 Å². The molecule has 0 radical (unpaired) electrons. The number of piperidine rings is 1. The zero-order valence-electron chi connectivity index (χ0n) is 17.6. The van der Waals surface area contributed by atoms with Crippen molar-refractivity contribution in [3.63, 3.8) is 0 Å². The molecule has 1 unspecified atom stereocenters. The lowest BCUT2D eigenvalue weighted by Crippen LogP contribution is -2.48. The Balaban J connectivity index is 1.62. The van der Waals surface area contributed by atoms with E-state index in [0.29, 0.717) is 30.2 Å². The van der Waals surface area contributed by atoms with Crippen molar-refractivity contribution in [2.75, 3.05) is 34.8 Å². The van der Waals surface area contributed by atoms with E-state index in [2.05, 4.69) is 5.32 Å². The average Bonchev–Trinajstić information content (AvgIpc) is 2.78. The molecule has 2 heterocycles. The summed E-state index contributed by atoms with van der Waals surface area (Å²) in [5.74, 6) is -0.496. The highest BCUT2D eigenvalue weighted by molar-refractivity contribution is 6.01. The maximum Gasteiger partial charge on any atom is 0.416 e. The lowest BCUT2D eigenvalue weighted by molar-refractivity contribution is -0.137. The van der Waals surface area contributed by atoms with Gasteiger partial charge in [-0.2, -0.15) is 13.2 Å². The summed E-state index contributed by atoms with van der Waals surface area (Å²) in [7, 11) is 0. The molecule has 1 atom stereocenters. The molecule has 0 aliphatic carbocycles. The second-order valence-corrected chi connectivity index (χ2v) is 7.97. The number of ether oxygens (including phenoxy) is 1. The maximum atomic E-state index is 13.3. The predicted molar refractivity (Wildman–Crippen MR) is 115 cm³/mol. The minimum absolute atomic E-state index is 0.0316. The number of benzene rings is 2. The first-order chi connectivity index (χ1) is 15.2. The molecule has 0 aromatic heterocycles. The predicted octanol–water partition coefficient (Wildman–Crippen LogP) is 4.45. The van der Waals surface area contributed by atoms with Crippen LogP contribution in [0.5, 0.6) is 5.75 Å². The molecule has 1 fully saturated rings. The van der Waals surface area contributed by atoms with Crippen LogP contribution >= 0.6 is 0 Å². The second kappa shape index (κ2) is 8.72. The molecule has 2 aliphatic rings. The fraction of sp³-hybridized carbons (Fsp3) is 0.391. The van der Waals surface area contributed by atoms with Crippen molar-refractivity contribution in [2.24, 2.45) is 0 Å². The van der Waals surface area contributed by atoms with E-state index < -0.39 is 23.8 Å². The fourth-order valence-corrected chi connectivity index (χ4v) is 4.11. The van der Waals surface area contributed by atoms with Crippen molar-refractivity contribution in [2.45, 2.75) is 38.5 Å². The number of amides is 2. The largest absolute Gasteiger partial charge is 0.476 e. The van der Waals surface area contributed by atoms with E-state index in [-0.39, 0.29) is 18.1 Å². The number of alkyl halides is 3. The van der Waals surface area contributed by atoms with Gasteiger partial charge in [-0.15, -0.1) is 0 Å². The summed E-state index contributed by atoms with van der Waals surface area (Å²) in [6.07, 6.45) is -2.66. The van der Waals surface area contributed by atoms with E-state index in [1.54, 1.807) is 24.3 Å². The van der Waals surface area contributed by atoms with Gasteiger partial charge in [0.1, 0.15) is 5.75 Å². The zero-order chi connectivity index (χ0) is 22.9. The molecule has 4 rings (SSSR count). The summed E-state index contributed by atoms with van der Waals surface area (Å²) in [4.78, 5) is 28.6. The fourth-order valence-electron chi connectivity index (χ4n) is 4.11. The Morgan fingerprint density at radius 2 is 1.75 bits per heavy atom. The minimum Gasteiger partial charge on any atom is -0.476 e. The number of anilines is 3. The maximum absolute atomic E-state index is 13.3. The number of para-hydroxylation sites is 2. The zero-order valence-corrected chi connectivity index (χ0v) is 17.6. The number of hydrogen-bond acceptors (Lipinski definition) is 4. The minimum atomic E-state index is -4.54. The van der Waals surface area contributed by atoms with Gasteiger partial charge in [0.15, 0.2) is 6.10 Å². The van der Waals surface area contributed by atoms with Crippen LogP contribution in [0.3, 0.4) is 0 Å². The summed E-state index contributed by atoms with van der Waals surface area (Å²) >= 11 is 0. The Morgan fingerprint density at radius 1 is 1.03 bits per heavy atom. The lowest BCUT2D eigenvalue weighted by atomic mass is 10.1. The first-order valence-electron chi connectivity index (χ1n) is 10.5. The molecule has 0 spiro atoms. The monoisotopic (exact) mass is 447 g/mol. The second-order valence-electron chi connectivity index (χ2n) is 7.97. The van der Waals surface area contributed by atoms with E-state index in [4.69, 9.17) is 4.74 Å². The van der Waals surface area contributed by atoms with Crippen LogP contribution in [0, 0.1) is 0 Å². The van der Waals surface area contributed by atoms with Crippen molar-refractivity contribution in [3.05, 3.63) is 48.0 Å². The van der Waals surface area contributed by atoms with Crippen LogP contribution in [0.4, 0.5) is 30.2 Å². The van der Waals surface area contributed by atoms with Gasteiger partial charge in [0, 0.05) is 20.0 Å². The van der Waals surface area contributed by atoms with Crippen molar-refractivity contribution in [3.8, 4) is 5.75 Å². The van der Waals surface area contributed by atoms with Gasteiger partial charge in [-0.05, 0) is 49.6 Å². The quantitative estimate of drug-likeness (QED) is 0.755. The average molecular weight is 447 g/mol. The summed E-state index contributed by atoms with van der Waals surface area (Å²) < 4.78 is 45.8. The summed E-state index contributed by atoms with van der Waals surface area (Å²) in [5.41, 5.74) is 0.347. The van der Waals surface area contributed by atoms with Crippen LogP contribution in [0.1, 0.15) is 31.7 Å². The van der Waals surface area contributed by atoms with Gasteiger partial charge in [-0.3, -0.25) is 9.59 Å². The number of carbonyl (C=O) groups is 2. The van der Waals surface area contributed by atoms with Gasteiger partial charge < -0.3 is 19.9 Å². The molecule has 6 nitrogen and oxygen atoms in total. The number of rotatable bonds is 3. The third kappa shape index (κ3) is 4.51.